The molecule has 0 fully saturated rings. The minimum atomic E-state index is 0.355. The normalized spacial score (nSPS) is 18.8. The number of benzene rings is 2. The molecular formula is C17H18ClNS. The Morgan fingerprint density at radius 3 is 2.70 bits per heavy atom. The van der Waals surface area contributed by atoms with Crippen molar-refractivity contribution in [1.82, 2.24) is 5.32 Å². The molecule has 0 amide bonds. The highest BCUT2D eigenvalue weighted by Crippen LogP contribution is 2.45. The van der Waals surface area contributed by atoms with E-state index < -0.39 is 0 Å². The average Bonchev–Trinajstić information content (AvgIpc) is 2.90. The molecule has 20 heavy (non-hydrogen) atoms. The highest BCUT2D eigenvalue weighted by molar-refractivity contribution is 7.99. The van der Waals surface area contributed by atoms with Crippen molar-refractivity contribution < 1.29 is 0 Å². The molecule has 104 valence electrons. The minimum absolute atomic E-state index is 0.355. The van der Waals surface area contributed by atoms with Crippen LogP contribution in [0.1, 0.15) is 30.0 Å². The van der Waals surface area contributed by atoms with Gasteiger partial charge in [0.15, 0.2) is 0 Å². The summed E-state index contributed by atoms with van der Waals surface area (Å²) in [5.41, 5.74) is 2.79. The molecule has 0 aliphatic carbocycles. The molecule has 1 aliphatic heterocycles. The second kappa shape index (κ2) is 6.21. The van der Waals surface area contributed by atoms with Crippen LogP contribution in [0.5, 0.6) is 0 Å². The lowest BCUT2D eigenvalue weighted by Gasteiger charge is -2.25. The van der Waals surface area contributed by atoms with Crippen LogP contribution in [-0.4, -0.2) is 12.3 Å². The third kappa shape index (κ3) is 2.73. The molecule has 2 unspecified atom stereocenters. The highest BCUT2D eigenvalue weighted by Gasteiger charge is 2.30. The Balaban J connectivity index is 1.94. The van der Waals surface area contributed by atoms with E-state index in [1.807, 2.05) is 23.9 Å². The van der Waals surface area contributed by atoms with E-state index in [4.69, 9.17) is 11.6 Å². The van der Waals surface area contributed by atoms with Gasteiger partial charge in [-0.3, -0.25) is 0 Å². The largest absolute Gasteiger partial charge is 0.310 e. The zero-order chi connectivity index (χ0) is 13.9. The van der Waals surface area contributed by atoms with Crippen molar-refractivity contribution in [3.05, 3.63) is 64.7 Å². The Bertz CT molecular complexity index is 582. The van der Waals surface area contributed by atoms with Gasteiger partial charge in [-0.2, -0.15) is 0 Å². The maximum absolute atomic E-state index is 6.01. The number of rotatable bonds is 4. The average molecular weight is 304 g/mol. The van der Waals surface area contributed by atoms with E-state index in [9.17, 15) is 0 Å². The summed E-state index contributed by atoms with van der Waals surface area (Å²) < 4.78 is 0. The van der Waals surface area contributed by atoms with Crippen molar-refractivity contribution in [2.24, 2.45) is 0 Å². The summed E-state index contributed by atoms with van der Waals surface area (Å²) in [5, 5.41) is 4.44. The molecule has 2 atom stereocenters. The number of halogens is 1. The van der Waals surface area contributed by atoms with Crippen LogP contribution in [0.4, 0.5) is 0 Å². The SMILES string of the molecule is CCNC(c1ccc(Cl)cc1)C1CSc2ccccc21. The van der Waals surface area contributed by atoms with Crippen LogP contribution in [0.15, 0.2) is 53.4 Å². The molecular weight excluding hydrogens is 286 g/mol. The maximum atomic E-state index is 6.01. The van der Waals surface area contributed by atoms with E-state index in [1.54, 1.807) is 0 Å². The lowest BCUT2D eigenvalue weighted by molar-refractivity contribution is 0.485. The van der Waals surface area contributed by atoms with Gasteiger partial charge in [-0.15, -0.1) is 11.8 Å². The fourth-order valence-electron chi connectivity index (χ4n) is 2.85. The van der Waals surface area contributed by atoms with Gasteiger partial charge in [-0.05, 0) is 35.9 Å². The smallest absolute Gasteiger partial charge is 0.0406 e. The van der Waals surface area contributed by atoms with E-state index in [2.05, 4.69) is 48.6 Å². The van der Waals surface area contributed by atoms with Crippen molar-refractivity contribution >= 4 is 23.4 Å². The number of thioether (sulfide) groups is 1. The highest BCUT2D eigenvalue weighted by atomic mass is 35.5. The third-order valence-electron chi connectivity index (χ3n) is 3.79. The first kappa shape index (κ1) is 14.0. The molecule has 2 aromatic carbocycles. The quantitative estimate of drug-likeness (QED) is 0.864. The first-order valence-electron chi connectivity index (χ1n) is 7.00. The van der Waals surface area contributed by atoms with Crippen LogP contribution < -0.4 is 5.32 Å². The molecule has 0 radical (unpaired) electrons. The molecule has 1 N–H and O–H groups in total. The molecule has 3 heteroatoms. The van der Waals surface area contributed by atoms with Gasteiger partial charge >= 0.3 is 0 Å². The summed E-state index contributed by atoms with van der Waals surface area (Å²) >= 11 is 7.97. The van der Waals surface area contributed by atoms with E-state index in [0.29, 0.717) is 12.0 Å². The number of fused-ring (bicyclic) bond motifs is 1. The van der Waals surface area contributed by atoms with Crippen LogP contribution in [0, 0.1) is 0 Å². The fraction of sp³-hybridized carbons (Fsp3) is 0.294. The Morgan fingerprint density at radius 2 is 1.95 bits per heavy atom. The number of hydrogen-bond donors (Lipinski definition) is 1. The van der Waals surface area contributed by atoms with Gasteiger partial charge in [0.05, 0.1) is 0 Å². The summed E-state index contributed by atoms with van der Waals surface area (Å²) in [6.07, 6.45) is 0. The van der Waals surface area contributed by atoms with Gasteiger partial charge in [0, 0.05) is 27.6 Å². The Labute approximate surface area is 129 Å². The number of nitrogens with one attached hydrogen (secondary N) is 1. The van der Waals surface area contributed by atoms with Gasteiger partial charge in [0.2, 0.25) is 0 Å². The molecule has 0 spiro atoms. The Morgan fingerprint density at radius 1 is 1.20 bits per heavy atom. The van der Waals surface area contributed by atoms with Gasteiger partial charge in [0.1, 0.15) is 0 Å². The summed E-state index contributed by atoms with van der Waals surface area (Å²) in [4.78, 5) is 1.43. The zero-order valence-electron chi connectivity index (χ0n) is 11.5. The minimum Gasteiger partial charge on any atom is -0.310 e. The molecule has 1 aliphatic rings. The topological polar surface area (TPSA) is 12.0 Å². The van der Waals surface area contributed by atoms with E-state index in [1.165, 1.54) is 16.0 Å². The third-order valence-corrected chi connectivity index (χ3v) is 5.25. The number of likely N-dealkylation sites (N-methyl/N-ethyl adjacent to an activating group) is 1. The maximum Gasteiger partial charge on any atom is 0.0406 e. The second-order valence-corrected chi connectivity index (χ2v) is 6.54. The van der Waals surface area contributed by atoms with Gasteiger partial charge in [-0.1, -0.05) is 48.9 Å². The summed E-state index contributed by atoms with van der Waals surface area (Å²) in [7, 11) is 0. The lowest BCUT2D eigenvalue weighted by atomic mass is 9.88. The molecule has 3 rings (SSSR count). The van der Waals surface area contributed by atoms with Crippen LogP contribution in [0.25, 0.3) is 0 Å². The van der Waals surface area contributed by atoms with Gasteiger partial charge in [-0.25, -0.2) is 0 Å². The lowest BCUT2D eigenvalue weighted by Crippen LogP contribution is -2.27. The van der Waals surface area contributed by atoms with E-state index in [-0.39, 0.29) is 0 Å². The fourth-order valence-corrected chi connectivity index (χ4v) is 4.26. The molecule has 2 aromatic rings. The molecule has 0 saturated carbocycles. The van der Waals surface area contributed by atoms with E-state index in [0.717, 1.165) is 17.3 Å². The summed E-state index contributed by atoms with van der Waals surface area (Å²) in [5.74, 6) is 1.66. The predicted molar refractivity (Wildman–Crippen MR) is 87.8 cm³/mol. The molecule has 1 nitrogen and oxygen atoms in total. The first-order chi connectivity index (χ1) is 9.79. The van der Waals surface area contributed by atoms with Crippen molar-refractivity contribution in [3.63, 3.8) is 0 Å². The molecule has 0 aromatic heterocycles. The first-order valence-corrected chi connectivity index (χ1v) is 8.36. The Hall–Kier alpha value is -0.960. The molecule has 0 bridgehead atoms. The Kier molecular flexibility index (Phi) is 4.35. The van der Waals surface area contributed by atoms with Crippen molar-refractivity contribution in [1.29, 1.82) is 0 Å². The monoisotopic (exact) mass is 303 g/mol. The van der Waals surface area contributed by atoms with E-state index >= 15 is 0 Å². The molecule has 1 heterocycles. The summed E-state index contributed by atoms with van der Waals surface area (Å²) in [6.45, 7) is 3.13. The van der Waals surface area contributed by atoms with Crippen LogP contribution >= 0.6 is 23.4 Å². The van der Waals surface area contributed by atoms with Gasteiger partial charge in [0.25, 0.3) is 0 Å². The zero-order valence-corrected chi connectivity index (χ0v) is 13.0. The predicted octanol–water partition coefficient (Wildman–Crippen LogP) is 4.88. The standard InChI is InChI=1S/C17H18ClNS/c1-2-19-17(12-7-9-13(18)10-8-12)15-11-20-16-6-4-3-5-14(15)16/h3-10,15,17,19H,2,11H2,1H3. The van der Waals surface area contributed by atoms with Crippen LogP contribution in [-0.2, 0) is 0 Å². The van der Waals surface area contributed by atoms with Crippen molar-refractivity contribution in [2.75, 3.05) is 12.3 Å². The molecule has 0 saturated heterocycles. The summed E-state index contributed by atoms with van der Waals surface area (Å²) in [6, 6.07) is 17.4. The van der Waals surface area contributed by atoms with Crippen LogP contribution in [0.2, 0.25) is 5.02 Å². The van der Waals surface area contributed by atoms with Gasteiger partial charge < -0.3 is 5.32 Å². The second-order valence-electron chi connectivity index (χ2n) is 5.04. The van der Waals surface area contributed by atoms with Crippen LogP contribution in [0.3, 0.4) is 0 Å². The number of hydrogen-bond acceptors (Lipinski definition) is 2. The van der Waals surface area contributed by atoms with Crippen molar-refractivity contribution in [3.8, 4) is 0 Å². The van der Waals surface area contributed by atoms with Crippen molar-refractivity contribution in [2.45, 2.75) is 23.8 Å².